The number of aliphatic hydroxyl groups is 1. The molecule has 0 amide bonds. The van der Waals surface area contributed by atoms with Gasteiger partial charge in [0.2, 0.25) is 0 Å². The molecule has 2 nitrogen and oxygen atoms in total. The fourth-order valence-electron chi connectivity index (χ4n) is 1.99. The maximum absolute atomic E-state index is 12.4. The monoisotopic (exact) mass is 295 g/mol. The van der Waals surface area contributed by atoms with Gasteiger partial charge in [0.1, 0.15) is 0 Å². The molecule has 0 aliphatic heterocycles. The van der Waals surface area contributed by atoms with Crippen molar-refractivity contribution in [2.75, 3.05) is 5.32 Å². The van der Waals surface area contributed by atoms with Gasteiger partial charge < -0.3 is 10.4 Å². The van der Waals surface area contributed by atoms with Crippen LogP contribution in [0.4, 0.5) is 18.9 Å². The molecule has 0 aliphatic rings. The lowest BCUT2D eigenvalue weighted by atomic mass is 10.1. The number of benzene rings is 2. The summed E-state index contributed by atoms with van der Waals surface area (Å²) in [5, 5.41) is 12.0. The van der Waals surface area contributed by atoms with E-state index in [1.807, 2.05) is 24.3 Å². The lowest BCUT2D eigenvalue weighted by Crippen LogP contribution is -2.11. The number of alkyl halides is 3. The molecule has 0 aromatic heterocycles. The van der Waals surface area contributed by atoms with Crippen molar-refractivity contribution in [1.82, 2.24) is 0 Å². The van der Waals surface area contributed by atoms with E-state index in [1.54, 1.807) is 12.1 Å². The summed E-state index contributed by atoms with van der Waals surface area (Å²) in [4.78, 5) is 0. The molecule has 21 heavy (non-hydrogen) atoms. The fraction of sp³-hybridized carbons (Fsp3) is 0.250. The second kappa shape index (κ2) is 6.63. The molecule has 5 heteroatoms. The molecule has 0 saturated carbocycles. The van der Waals surface area contributed by atoms with E-state index >= 15 is 0 Å². The Balaban J connectivity index is 1.97. The Bertz CT molecular complexity index is 579. The minimum atomic E-state index is -4.20. The molecule has 2 aromatic carbocycles. The summed E-state index contributed by atoms with van der Waals surface area (Å²) in [5.41, 5.74) is 2.71. The van der Waals surface area contributed by atoms with Crippen LogP contribution >= 0.6 is 0 Å². The van der Waals surface area contributed by atoms with Gasteiger partial charge in [-0.15, -0.1) is 0 Å². The van der Waals surface area contributed by atoms with Crippen molar-refractivity contribution in [3.8, 4) is 0 Å². The van der Waals surface area contributed by atoms with Crippen molar-refractivity contribution in [2.45, 2.75) is 25.7 Å². The minimum Gasteiger partial charge on any atom is -0.392 e. The summed E-state index contributed by atoms with van der Waals surface area (Å²) >= 11 is 0. The van der Waals surface area contributed by atoms with Gasteiger partial charge >= 0.3 is 6.18 Å². The molecule has 0 spiro atoms. The molecule has 0 unspecified atom stereocenters. The van der Waals surface area contributed by atoms with Gasteiger partial charge in [0.05, 0.1) is 13.0 Å². The third-order valence-electron chi connectivity index (χ3n) is 3.03. The number of nitrogens with one attached hydrogen (secondary N) is 1. The van der Waals surface area contributed by atoms with E-state index in [2.05, 4.69) is 5.32 Å². The summed E-state index contributed by atoms with van der Waals surface area (Å²) < 4.78 is 37.1. The number of anilines is 1. The summed E-state index contributed by atoms with van der Waals surface area (Å²) in [7, 11) is 0. The van der Waals surface area contributed by atoms with Gasteiger partial charge in [-0.1, -0.05) is 36.4 Å². The van der Waals surface area contributed by atoms with Crippen LogP contribution in [0.25, 0.3) is 0 Å². The first kappa shape index (κ1) is 15.4. The fourth-order valence-corrected chi connectivity index (χ4v) is 1.99. The first-order chi connectivity index (χ1) is 9.96. The van der Waals surface area contributed by atoms with Gasteiger partial charge in [-0.05, 0) is 28.8 Å². The number of halogens is 3. The molecule has 112 valence electrons. The number of rotatable bonds is 5. The lowest BCUT2D eigenvalue weighted by molar-refractivity contribution is -0.127. The van der Waals surface area contributed by atoms with E-state index in [0.717, 1.165) is 11.1 Å². The molecular formula is C16H16F3NO. The number of hydrogen-bond donors (Lipinski definition) is 2. The standard InChI is InChI=1S/C16H16F3NO/c17-16(18,19)9-14-2-1-3-15(8-14)20-10-12-4-6-13(11-21)7-5-12/h1-8,20-21H,9-11H2. The normalized spacial score (nSPS) is 11.4. The molecule has 0 atom stereocenters. The van der Waals surface area contributed by atoms with Crippen molar-refractivity contribution in [3.63, 3.8) is 0 Å². The van der Waals surface area contributed by atoms with Crippen LogP contribution in [0.5, 0.6) is 0 Å². The third-order valence-corrected chi connectivity index (χ3v) is 3.03. The van der Waals surface area contributed by atoms with Gasteiger partial charge in [0.15, 0.2) is 0 Å². The average molecular weight is 295 g/mol. The van der Waals surface area contributed by atoms with Crippen LogP contribution in [0.15, 0.2) is 48.5 Å². The topological polar surface area (TPSA) is 32.3 Å². The van der Waals surface area contributed by atoms with Crippen LogP contribution in [0.1, 0.15) is 16.7 Å². The SMILES string of the molecule is OCc1ccc(CNc2cccc(CC(F)(F)F)c2)cc1. The van der Waals surface area contributed by atoms with Crippen LogP contribution in [0.3, 0.4) is 0 Å². The zero-order valence-corrected chi connectivity index (χ0v) is 11.3. The predicted molar refractivity (Wildman–Crippen MR) is 75.9 cm³/mol. The quantitative estimate of drug-likeness (QED) is 0.877. The highest BCUT2D eigenvalue weighted by atomic mass is 19.4. The van der Waals surface area contributed by atoms with Gasteiger partial charge in [0.25, 0.3) is 0 Å². The van der Waals surface area contributed by atoms with Crippen LogP contribution in [-0.4, -0.2) is 11.3 Å². The Kier molecular flexibility index (Phi) is 4.85. The maximum Gasteiger partial charge on any atom is 0.393 e. The second-order valence-corrected chi connectivity index (χ2v) is 4.82. The molecule has 0 aliphatic carbocycles. The van der Waals surface area contributed by atoms with E-state index in [-0.39, 0.29) is 12.2 Å². The van der Waals surface area contributed by atoms with Crippen molar-refractivity contribution >= 4 is 5.69 Å². The second-order valence-electron chi connectivity index (χ2n) is 4.82. The van der Waals surface area contributed by atoms with Gasteiger partial charge in [-0.25, -0.2) is 0 Å². The van der Waals surface area contributed by atoms with E-state index in [4.69, 9.17) is 5.11 Å². The first-order valence-electron chi connectivity index (χ1n) is 6.54. The number of aliphatic hydroxyl groups excluding tert-OH is 1. The Labute approximate surface area is 121 Å². The molecule has 2 rings (SSSR count). The zero-order chi connectivity index (χ0) is 15.3. The van der Waals surface area contributed by atoms with Crippen molar-refractivity contribution < 1.29 is 18.3 Å². The average Bonchev–Trinajstić information content (AvgIpc) is 2.44. The zero-order valence-electron chi connectivity index (χ0n) is 11.3. The lowest BCUT2D eigenvalue weighted by Gasteiger charge is -2.10. The van der Waals surface area contributed by atoms with Gasteiger partial charge in [0, 0.05) is 12.2 Å². The Morgan fingerprint density at radius 3 is 2.19 bits per heavy atom. The largest absolute Gasteiger partial charge is 0.393 e. The van der Waals surface area contributed by atoms with Crippen molar-refractivity contribution in [3.05, 3.63) is 65.2 Å². The van der Waals surface area contributed by atoms with Crippen LogP contribution in [0.2, 0.25) is 0 Å². The minimum absolute atomic E-state index is 0.00675. The molecule has 2 N–H and O–H groups in total. The van der Waals surface area contributed by atoms with E-state index in [1.165, 1.54) is 12.1 Å². The number of hydrogen-bond acceptors (Lipinski definition) is 2. The molecule has 0 saturated heterocycles. The maximum atomic E-state index is 12.4. The Hall–Kier alpha value is -2.01. The Morgan fingerprint density at radius 1 is 0.905 bits per heavy atom. The molecule has 0 fully saturated rings. The molecular weight excluding hydrogens is 279 g/mol. The molecule has 0 bridgehead atoms. The van der Waals surface area contributed by atoms with E-state index < -0.39 is 12.6 Å². The molecule has 0 radical (unpaired) electrons. The van der Waals surface area contributed by atoms with Gasteiger partial charge in [-0.3, -0.25) is 0 Å². The van der Waals surface area contributed by atoms with Crippen LogP contribution in [-0.2, 0) is 19.6 Å². The highest BCUT2D eigenvalue weighted by Gasteiger charge is 2.27. The van der Waals surface area contributed by atoms with Crippen molar-refractivity contribution in [2.24, 2.45) is 0 Å². The summed E-state index contributed by atoms with van der Waals surface area (Å²) in [6, 6.07) is 13.7. The van der Waals surface area contributed by atoms with Crippen LogP contribution < -0.4 is 5.32 Å². The summed E-state index contributed by atoms with van der Waals surface area (Å²) in [6.07, 6.45) is -5.12. The molecule has 2 aromatic rings. The smallest absolute Gasteiger partial charge is 0.392 e. The highest BCUT2D eigenvalue weighted by molar-refractivity contribution is 5.46. The molecule has 0 heterocycles. The van der Waals surface area contributed by atoms with E-state index in [0.29, 0.717) is 12.2 Å². The Morgan fingerprint density at radius 2 is 1.57 bits per heavy atom. The van der Waals surface area contributed by atoms with Crippen molar-refractivity contribution in [1.29, 1.82) is 0 Å². The third kappa shape index (κ3) is 5.11. The first-order valence-corrected chi connectivity index (χ1v) is 6.54. The highest BCUT2D eigenvalue weighted by Crippen LogP contribution is 2.23. The summed E-state index contributed by atoms with van der Waals surface area (Å²) in [5.74, 6) is 0. The van der Waals surface area contributed by atoms with E-state index in [9.17, 15) is 13.2 Å². The van der Waals surface area contributed by atoms with Crippen LogP contribution in [0, 0.1) is 0 Å². The summed E-state index contributed by atoms with van der Waals surface area (Å²) in [6.45, 7) is 0.508. The van der Waals surface area contributed by atoms with Gasteiger partial charge in [-0.2, -0.15) is 13.2 Å². The predicted octanol–water partition coefficient (Wildman–Crippen LogP) is 3.90.